The number of rotatable bonds is 2. The van der Waals surface area contributed by atoms with E-state index in [9.17, 15) is 9.59 Å². The van der Waals surface area contributed by atoms with Crippen LogP contribution in [0.15, 0.2) is 22.7 Å². The molecule has 0 saturated heterocycles. The lowest BCUT2D eigenvalue weighted by molar-refractivity contribution is -0.135. The van der Waals surface area contributed by atoms with Crippen molar-refractivity contribution in [2.45, 2.75) is 0 Å². The third kappa shape index (κ3) is 2.16. The Balaban J connectivity index is 2.37. The fourth-order valence-electron chi connectivity index (χ4n) is 1.64. The molecule has 0 spiro atoms. The highest BCUT2D eigenvalue weighted by Gasteiger charge is 2.23. The van der Waals surface area contributed by atoms with Gasteiger partial charge in [-0.3, -0.25) is 9.59 Å². The van der Waals surface area contributed by atoms with Crippen molar-refractivity contribution >= 4 is 39.2 Å². The Bertz CT molecular complexity index is 461. The van der Waals surface area contributed by atoms with E-state index in [4.69, 9.17) is 5.11 Å². The van der Waals surface area contributed by atoms with Gasteiger partial charge in [0.25, 0.3) is 0 Å². The highest BCUT2D eigenvalue weighted by Crippen LogP contribution is 2.31. The SMILES string of the molecule is O=C(O)CN1CC(=O)Nc2cc(Br)ccc21. The number of nitrogens with zero attached hydrogens (tertiary/aromatic N) is 1. The molecule has 1 aromatic rings. The van der Waals surface area contributed by atoms with Crippen LogP contribution in [0.1, 0.15) is 0 Å². The smallest absolute Gasteiger partial charge is 0.323 e. The lowest BCUT2D eigenvalue weighted by atomic mass is 10.2. The number of carbonyl (C=O) groups excluding carboxylic acids is 1. The van der Waals surface area contributed by atoms with Gasteiger partial charge in [-0.05, 0) is 18.2 Å². The third-order valence-corrected chi connectivity index (χ3v) is 2.73. The molecule has 1 heterocycles. The van der Waals surface area contributed by atoms with Crippen LogP contribution < -0.4 is 10.2 Å². The molecule has 1 aliphatic heterocycles. The zero-order valence-corrected chi connectivity index (χ0v) is 9.82. The zero-order valence-electron chi connectivity index (χ0n) is 8.24. The number of hydrogen-bond donors (Lipinski definition) is 2. The summed E-state index contributed by atoms with van der Waals surface area (Å²) < 4.78 is 0.837. The normalized spacial score (nSPS) is 14.3. The number of anilines is 2. The third-order valence-electron chi connectivity index (χ3n) is 2.23. The standard InChI is InChI=1S/C10H9BrN2O3/c11-6-1-2-8-7(3-6)12-9(14)4-13(8)5-10(15)16/h1-3H,4-5H2,(H,12,14)(H,15,16). The number of nitrogens with one attached hydrogen (secondary N) is 1. The number of aliphatic carboxylic acids is 1. The van der Waals surface area contributed by atoms with Gasteiger partial charge in [0.15, 0.2) is 0 Å². The molecule has 1 aromatic carbocycles. The van der Waals surface area contributed by atoms with Crippen LogP contribution >= 0.6 is 15.9 Å². The van der Waals surface area contributed by atoms with Crippen molar-refractivity contribution < 1.29 is 14.7 Å². The Morgan fingerprint density at radius 3 is 3.00 bits per heavy atom. The van der Waals surface area contributed by atoms with Crippen molar-refractivity contribution in [2.24, 2.45) is 0 Å². The predicted octanol–water partition coefficient (Wildman–Crippen LogP) is 1.29. The van der Waals surface area contributed by atoms with Gasteiger partial charge in [0.2, 0.25) is 5.91 Å². The van der Waals surface area contributed by atoms with E-state index in [-0.39, 0.29) is 19.0 Å². The second kappa shape index (κ2) is 4.13. The first-order chi connectivity index (χ1) is 7.56. The molecular weight excluding hydrogens is 276 g/mol. The molecule has 0 saturated carbocycles. The van der Waals surface area contributed by atoms with Gasteiger partial charge in [0.05, 0.1) is 17.9 Å². The summed E-state index contributed by atoms with van der Waals surface area (Å²) in [6.07, 6.45) is 0. The fraction of sp³-hybridized carbons (Fsp3) is 0.200. The van der Waals surface area contributed by atoms with Gasteiger partial charge >= 0.3 is 5.97 Å². The second-order valence-corrected chi connectivity index (χ2v) is 4.38. The van der Waals surface area contributed by atoms with Crippen molar-refractivity contribution in [2.75, 3.05) is 23.3 Å². The van der Waals surface area contributed by atoms with E-state index in [0.29, 0.717) is 5.69 Å². The van der Waals surface area contributed by atoms with E-state index in [1.165, 1.54) is 4.90 Å². The first-order valence-corrected chi connectivity index (χ1v) is 5.42. The molecule has 1 amide bonds. The summed E-state index contributed by atoms with van der Waals surface area (Å²) in [4.78, 5) is 23.6. The molecule has 0 bridgehead atoms. The summed E-state index contributed by atoms with van der Waals surface area (Å²) in [5.41, 5.74) is 1.36. The van der Waals surface area contributed by atoms with E-state index >= 15 is 0 Å². The number of amides is 1. The highest BCUT2D eigenvalue weighted by molar-refractivity contribution is 9.10. The van der Waals surface area contributed by atoms with Gasteiger partial charge in [-0.15, -0.1) is 0 Å². The van der Waals surface area contributed by atoms with Crippen LogP contribution in [0.4, 0.5) is 11.4 Å². The Labute approximate surface area is 100 Å². The minimum atomic E-state index is -0.955. The van der Waals surface area contributed by atoms with Crippen molar-refractivity contribution in [3.05, 3.63) is 22.7 Å². The Morgan fingerprint density at radius 1 is 1.56 bits per heavy atom. The molecule has 6 heteroatoms. The number of benzene rings is 1. The molecule has 2 N–H and O–H groups in total. The minimum absolute atomic E-state index is 0.0704. The lowest BCUT2D eigenvalue weighted by Crippen LogP contribution is -2.41. The molecule has 16 heavy (non-hydrogen) atoms. The minimum Gasteiger partial charge on any atom is -0.480 e. The predicted molar refractivity (Wildman–Crippen MR) is 62.6 cm³/mol. The highest BCUT2D eigenvalue weighted by atomic mass is 79.9. The monoisotopic (exact) mass is 284 g/mol. The summed E-state index contributed by atoms with van der Waals surface area (Å²) in [5, 5.41) is 11.4. The molecule has 1 aliphatic rings. The summed E-state index contributed by atoms with van der Waals surface area (Å²) in [5.74, 6) is -1.16. The summed E-state index contributed by atoms with van der Waals surface area (Å²) in [6.45, 7) is -0.108. The molecule has 0 atom stereocenters. The zero-order chi connectivity index (χ0) is 11.7. The average molecular weight is 285 g/mol. The quantitative estimate of drug-likeness (QED) is 0.859. The first-order valence-electron chi connectivity index (χ1n) is 4.62. The molecule has 0 unspecified atom stereocenters. The number of carbonyl (C=O) groups is 2. The molecule has 0 aliphatic carbocycles. The van der Waals surface area contributed by atoms with Crippen molar-refractivity contribution in [1.29, 1.82) is 0 Å². The molecule has 84 valence electrons. The maximum absolute atomic E-state index is 11.4. The lowest BCUT2D eigenvalue weighted by Gasteiger charge is -2.29. The Morgan fingerprint density at radius 2 is 2.31 bits per heavy atom. The number of carboxylic acids is 1. The Hall–Kier alpha value is -1.56. The van der Waals surface area contributed by atoms with Crippen LogP contribution in [-0.2, 0) is 9.59 Å². The van der Waals surface area contributed by atoms with Gasteiger partial charge in [-0.2, -0.15) is 0 Å². The molecule has 5 nitrogen and oxygen atoms in total. The van der Waals surface area contributed by atoms with Crippen molar-refractivity contribution in [1.82, 2.24) is 0 Å². The van der Waals surface area contributed by atoms with Gasteiger partial charge in [-0.1, -0.05) is 15.9 Å². The van der Waals surface area contributed by atoms with Gasteiger partial charge in [-0.25, -0.2) is 0 Å². The van der Waals surface area contributed by atoms with Crippen LogP contribution in [0.5, 0.6) is 0 Å². The van der Waals surface area contributed by atoms with Crippen LogP contribution in [-0.4, -0.2) is 30.1 Å². The van der Waals surface area contributed by atoms with Crippen LogP contribution in [0.2, 0.25) is 0 Å². The summed E-state index contributed by atoms with van der Waals surface area (Å²) in [6, 6.07) is 5.34. The summed E-state index contributed by atoms with van der Waals surface area (Å²) in [7, 11) is 0. The topological polar surface area (TPSA) is 69.6 Å². The molecular formula is C10H9BrN2O3. The van der Waals surface area contributed by atoms with E-state index in [2.05, 4.69) is 21.2 Å². The number of hydrogen-bond acceptors (Lipinski definition) is 3. The van der Waals surface area contributed by atoms with E-state index in [0.717, 1.165) is 10.2 Å². The van der Waals surface area contributed by atoms with Gasteiger partial charge < -0.3 is 15.3 Å². The molecule has 2 rings (SSSR count). The van der Waals surface area contributed by atoms with E-state index in [1.54, 1.807) is 12.1 Å². The van der Waals surface area contributed by atoms with Crippen LogP contribution in [0.3, 0.4) is 0 Å². The number of halogens is 1. The van der Waals surface area contributed by atoms with Crippen molar-refractivity contribution in [3.8, 4) is 0 Å². The van der Waals surface area contributed by atoms with Crippen LogP contribution in [0.25, 0.3) is 0 Å². The van der Waals surface area contributed by atoms with Gasteiger partial charge in [0.1, 0.15) is 6.54 Å². The van der Waals surface area contributed by atoms with E-state index < -0.39 is 5.97 Å². The van der Waals surface area contributed by atoms with Gasteiger partial charge in [0, 0.05) is 4.47 Å². The largest absolute Gasteiger partial charge is 0.480 e. The molecule has 0 fully saturated rings. The van der Waals surface area contributed by atoms with Crippen molar-refractivity contribution in [3.63, 3.8) is 0 Å². The second-order valence-electron chi connectivity index (χ2n) is 3.46. The fourth-order valence-corrected chi connectivity index (χ4v) is 2.00. The molecule has 0 aromatic heterocycles. The van der Waals surface area contributed by atoms with Crippen LogP contribution in [0, 0.1) is 0 Å². The number of carboxylic acid groups (broad SMARTS) is 1. The molecule has 0 radical (unpaired) electrons. The maximum atomic E-state index is 11.4. The maximum Gasteiger partial charge on any atom is 0.323 e. The summed E-state index contributed by atoms with van der Waals surface area (Å²) >= 11 is 3.29. The first kappa shape index (κ1) is 10.9. The Kier molecular flexibility index (Phi) is 2.82. The van der Waals surface area contributed by atoms with E-state index in [1.807, 2.05) is 6.07 Å². The number of fused-ring (bicyclic) bond motifs is 1. The average Bonchev–Trinajstić information content (AvgIpc) is 2.15.